The van der Waals surface area contributed by atoms with Crippen LogP contribution in [0.1, 0.15) is 11.3 Å². The fourth-order valence-electron chi connectivity index (χ4n) is 3.71. The minimum Gasteiger partial charge on any atom is -0.437 e. The van der Waals surface area contributed by atoms with E-state index >= 15 is 0 Å². The Hall–Kier alpha value is -4.72. The van der Waals surface area contributed by atoms with E-state index in [1.54, 1.807) is 30.5 Å². The van der Waals surface area contributed by atoms with Gasteiger partial charge in [0.05, 0.1) is 18.4 Å². The molecule has 8 nitrogen and oxygen atoms in total. The van der Waals surface area contributed by atoms with Crippen LogP contribution in [0.15, 0.2) is 85.8 Å². The minimum atomic E-state index is -0.293. The number of benzene rings is 2. The number of carbonyl (C=O) groups is 1. The number of ether oxygens (including phenoxy) is 1. The second-order valence-electron chi connectivity index (χ2n) is 7.74. The molecule has 0 radical (unpaired) electrons. The zero-order valence-electron chi connectivity index (χ0n) is 18.5. The van der Waals surface area contributed by atoms with E-state index in [0.29, 0.717) is 35.0 Å². The van der Waals surface area contributed by atoms with Crippen molar-refractivity contribution in [3.63, 3.8) is 0 Å². The molecule has 2 aromatic carbocycles. The molecule has 0 aliphatic heterocycles. The summed E-state index contributed by atoms with van der Waals surface area (Å²) in [5.41, 5.74) is 5.90. The number of fused-ring (bicyclic) bond motifs is 1. The van der Waals surface area contributed by atoms with Crippen LogP contribution in [0, 0.1) is 6.92 Å². The molecule has 0 spiro atoms. The van der Waals surface area contributed by atoms with Gasteiger partial charge in [-0.3, -0.25) is 9.48 Å². The largest absolute Gasteiger partial charge is 0.437 e. The Morgan fingerprint density at radius 3 is 2.85 bits per heavy atom. The van der Waals surface area contributed by atoms with Crippen LogP contribution in [-0.2, 0) is 11.3 Å². The van der Waals surface area contributed by atoms with E-state index in [1.165, 1.54) is 11.6 Å². The Labute approximate surface area is 196 Å². The number of aromatic nitrogens is 5. The van der Waals surface area contributed by atoms with Crippen molar-refractivity contribution < 1.29 is 9.53 Å². The van der Waals surface area contributed by atoms with Crippen LogP contribution in [0.2, 0.25) is 0 Å². The summed E-state index contributed by atoms with van der Waals surface area (Å²) in [6.45, 7) is 6.12. The molecule has 0 aliphatic carbocycles. The summed E-state index contributed by atoms with van der Waals surface area (Å²) >= 11 is 0. The maximum atomic E-state index is 11.6. The third kappa shape index (κ3) is 4.42. The molecule has 0 aliphatic rings. The van der Waals surface area contributed by atoms with Crippen LogP contribution in [0.3, 0.4) is 0 Å². The lowest BCUT2D eigenvalue weighted by atomic mass is 10.1. The number of rotatable bonds is 7. The highest BCUT2D eigenvalue weighted by atomic mass is 16.5. The molecular formula is C26H22N6O2. The Morgan fingerprint density at radius 2 is 2.03 bits per heavy atom. The molecule has 2 N–H and O–H groups in total. The molecule has 168 valence electrons. The number of aromatic amines is 1. The third-order valence-corrected chi connectivity index (χ3v) is 5.29. The molecule has 0 saturated heterocycles. The molecule has 34 heavy (non-hydrogen) atoms. The van der Waals surface area contributed by atoms with E-state index < -0.39 is 0 Å². The number of amides is 1. The first kappa shape index (κ1) is 21.1. The summed E-state index contributed by atoms with van der Waals surface area (Å²) < 4.78 is 7.86. The van der Waals surface area contributed by atoms with Gasteiger partial charge in [-0.1, -0.05) is 43.0 Å². The van der Waals surface area contributed by atoms with Gasteiger partial charge in [0.15, 0.2) is 5.65 Å². The molecule has 0 atom stereocenters. The Kier molecular flexibility index (Phi) is 5.61. The van der Waals surface area contributed by atoms with Crippen molar-refractivity contribution in [2.45, 2.75) is 13.5 Å². The maximum Gasteiger partial charge on any atom is 0.247 e. The summed E-state index contributed by atoms with van der Waals surface area (Å²) in [5, 5.41) is 7.39. The van der Waals surface area contributed by atoms with Crippen molar-refractivity contribution in [3.8, 4) is 22.8 Å². The van der Waals surface area contributed by atoms with E-state index in [-0.39, 0.29) is 5.91 Å². The van der Waals surface area contributed by atoms with Crippen LogP contribution < -0.4 is 10.1 Å². The standard InChI is InChI=1S/C26H22N6O2/c1-3-23(33)29-19-10-7-11-20(12-19)34-24-14-28-26-25(30-24)21(13-27-26)22-16-32(31-17(22)2)15-18-8-5-4-6-9-18/h3-14,16H,1,15H2,2H3,(H,27,28)(H,29,33). The highest BCUT2D eigenvalue weighted by Gasteiger charge is 2.15. The molecule has 0 bridgehead atoms. The van der Waals surface area contributed by atoms with E-state index in [0.717, 1.165) is 16.8 Å². The number of aryl methyl sites for hydroxylation is 1. The quantitative estimate of drug-likeness (QED) is 0.337. The highest BCUT2D eigenvalue weighted by molar-refractivity contribution is 5.99. The Morgan fingerprint density at radius 1 is 1.18 bits per heavy atom. The molecular weight excluding hydrogens is 428 g/mol. The predicted octanol–water partition coefficient (Wildman–Crippen LogP) is 5.09. The minimum absolute atomic E-state index is 0.293. The van der Waals surface area contributed by atoms with Gasteiger partial charge in [-0.15, -0.1) is 0 Å². The SMILES string of the molecule is C=CC(=O)Nc1cccc(Oc2cnc3[nH]cc(-c4cn(Cc5ccccc5)nc4C)c3n2)c1. The van der Waals surface area contributed by atoms with Gasteiger partial charge in [-0.05, 0) is 30.7 Å². The van der Waals surface area contributed by atoms with Crippen molar-refractivity contribution in [1.29, 1.82) is 0 Å². The van der Waals surface area contributed by atoms with Crippen LogP contribution in [0.4, 0.5) is 5.69 Å². The zero-order valence-corrected chi connectivity index (χ0v) is 18.5. The summed E-state index contributed by atoms with van der Waals surface area (Å²) in [7, 11) is 0. The zero-order chi connectivity index (χ0) is 23.5. The molecule has 5 aromatic rings. The van der Waals surface area contributed by atoms with Gasteiger partial charge in [0.1, 0.15) is 11.3 Å². The first-order valence-electron chi connectivity index (χ1n) is 10.7. The van der Waals surface area contributed by atoms with Crippen molar-refractivity contribution >= 4 is 22.8 Å². The fourth-order valence-corrected chi connectivity index (χ4v) is 3.71. The lowest BCUT2D eigenvalue weighted by Crippen LogP contribution is -2.07. The third-order valence-electron chi connectivity index (χ3n) is 5.29. The Balaban J connectivity index is 1.43. The fraction of sp³-hybridized carbons (Fsp3) is 0.0769. The molecule has 0 fully saturated rings. The normalized spacial score (nSPS) is 10.9. The van der Waals surface area contributed by atoms with E-state index in [4.69, 9.17) is 9.72 Å². The van der Waals surface area contributed by atoms with Crippen LogP contribution >= 0.6 is 0 Å². The van der Waals surface area contributed by atoms with Gasteiger partial charge >= 0.3 is 0 Å². The Bertz CT molecular complexity index is 1490. The first-order valence-corrected chi connectivity index (χ1v) is 10.7. The number of carbonyl (C=O) groups excluding carboxylic acids is 1. The van der Waals surface area contributed by atoms with Crippen molar-refractivity contribution in [2.75, 3.05) is 5.32 Å². The van der Waals surface area contributed by atoms with Crippen LogP contribution in [0.25, 0.3) is 22.3 Å². The van der Waals surface area contributed by atoms with Gasteiger partial charge < -0.3 is 15.0 Å². The van der Waals surface area contributed by atoms with Crippen LogP contribution in [-0.4, -0.2) is 30.6 Å². The van der Waals surface area contributed by atoms with Gasteiger partial charge in [-0.2, -0.15) is 5.10 Å². The number of hydrogen-bond acceptors (Lipinski definition) is 5. The lowest BCUT2D eigenvalue weighted by molar-refractivity contribution is -0.111. The van der Waals surface area contributed by atoms with E-state index in [9.17, 15) is 4.79 Å². The number of nitrogens with one attached hydrogen (secondary N) is 2. The molecule has 0 saturated carbocycles. The van der Waals surface area contributed by atoms with Gasteiger partial charge in [0, 0.05) is 35.3 Å². The van der Waals surface area contributed by atoms with Gasteiger partial charge in [0.2, 0.25) is 11.8 Å². The molecule has 8 heteroatoms. The average Bonchev–Trinajstić information content (AvgIpc) is 3.42. The van der Waals surface area contributed by atoms with Crippen molar-refractivity contribution in [3.05, 3.63) is 97.1 Å². The summed E-state index contributed by atoms with van der Waals surface area (Å²) in [4.78, 5) is 23.9. The second-order valence-corrected chi connectivity index (χ2v) is 7.74. The maximum absolute atomic E-state index is 11.6. The first-order chi connectivity index (χ1) is 16.6. The van der Waals surface area contributed by atoms with Crippen molar-refractivity contribution in [1.82, 2.24) is 24.7 Å². The van der Waals surface area contributed by atoms with Crippen molar-refractivity contribution in [2.24, 2.45) is 0 Å². The lowest BCUT2D eigenvalue weighted by Gasteiger charge is -2.07. The molecule has 1 amide bonds. The average molecular weight is 451 g/mol. The van der Waals surface area contributed by atoms with Gasteiger partial charge in [0.25, 0.3) is 0 Å². The molecule has 5 rings (SSSR count). The van der Waals surface area contributed by atoms with E-state index in [2.05, 4.69) is 39.1 Å². The number of anilines is 1. The molecule has 0 unspecified atom stereocenters. The summed E-state index contributed by atoms with van der Waals surface area (Å²) in [5.74, 6) is 0.577. The number of nitrogens with zero attached hydrogens (tertiary/aromatic N) is 4. The molecule has 3 aromatic heterocycles. The van der Waals surface area contributed by atoms with Gasteiger partial charge in [-0.25, -0.2) is 9.97 Å². The van der Waals surface area contributed by atoms with Crippen LogP contribution in [0.5, 0.6) is 11.6 Å². The summed E-state index contributed by atoms with van der Waals surface area (Å²) in [6.07, 6.45) is 6.68. The second kappa shape index (κ2) is 9.03. The smallest absolute Gasteiger partial charge is 0.247 e. The summed E-state index contributed by atoms with van der Waals surface area (Å²) in [6, 6.07) is 17.2. The topological polar surface area (TPSA) is 97.7 Å². The predicted molar refractivity (Wildman–Crippen MR) is 131 cm³/mol. The van der Waals surface area contributed by atoms with E-state index in [1.807, 2.05) is 42.2 Å². The highest BCUT2D eigenvalue weighted by Crippen LogP contribution is 2.31. The monoisotopic (exact) mass is 450 g/mol. The number of hydrogen-bond donors (Lipinski definition) is 2. The number of H-pyrrole nitrogens is 1. The molecule has 3 heterocycles.